The summed E-state index contributed by atoms with van der Waals surface area (Å²) in [6, 6.07) is 20.2. The molecule has 252 valence electrons. The summed E-state index contributed by atoms with van der Waals surface area (Å²) in [5.74, 6) is 0.537. The zero-order valence-electron chi connectivity index (χ0n) is 31.0. The Balaban J connectivity index is 1.50. The zero-order valence-corrected chi connectivity index (χ0v) is 31.0. The molecule has 0 spiro atoms. The Morgan fingerprint density at radius 2 is 1.56 bits per heavy atom. The van der Waals surface area contributed by atoms with Gasteiger partial charge in [-0.25, -0.2) is 4.68 Å². The van der Waals surface area contributed by atoms with Crippen molar-refractivity contribution < 1.29 is 4.58 Å². The first-order chi connectivity index (χ1) is 23.0. The van der Waals surface area contributed by atoms with Crippen LogP contribution in [-0.4, -0.2) is 33.2 Å². The summed E-state index contributed by atoms with van der Waals surface area (Å²) in [4.78, 5) is 2.58. The van der Waals surface area contributed by atoms with Gasteiger partial charge in [0.15, 0.2) is 5.71 Å². The van der Waals surface area contributed by atoms with E-state index in [2.05, 4.69) is 155 Å². The molecule has 4 nitrogen and oxygen atoms in total. The second-order valence-corrected chi connectivity index (χ2v) is 15.5. The van der Waals surface area contributed by atoms with Gasteiger partial charge < -0.3 is 4.90 Å². The molecule has 2 aliphatic heterocycles. The highest BCUT2D eigenvalue weighted by Crippen LogP contribution is 2.48. The van der Waals surface area contributed by atoms with Gasteiger partial charge in [-0.15, -0.1) is 0 Å². The van der Waals surface area contributed by atoms with Gasteiger partial charge >= 0.3 is 0 Å². The minimum absolute atomic E-state index is 0.0614. The smallest absolute Gasteiger partial charge is 0.209 e. The van der Waals surface area contributed by atoms with Gasteiger partial charge in [0, 0.05) is 53.2 Å². The van der Waals surface area contributed by atoms with Crippen molar-refractivity contribution in [3.8, 4) is 0 Å². The number of para-hydroxylation sites is 2. The Morgan fingerprint density at radius 3 is 2.27 bits per heavy atom. The van der Waals surface area contributed by atoms with Crippen molar-refractivity contribution in [1.29, 1.82) is 0 Å². The van der Waals surface area contributed by atoms with E-state index in [0.717, 1.165) is 31.6 Å². The highest BCUT2D eigenvalue weighted by atomic mass is 15.3. The summed E-state index contributed by atoms with van der Waals surface area (Å²) in [6.07, 6.45) is 16.5. The number of fused-ring (bicyclic) bond motifs is 2. The number of aromatic nitrogens is 2. The minimum Gasteiger partial charge on any atom is -0.344 e. The number of hydrogen-bond donors (Lipinski definition) is 0. The molecule has 0 saturated carbocycles. The van der Waals surface area contributed by atoms with Crippen molar-refractivity contribution >= 4 is 22.8 Å². The molecule has 4 heteroatoms. The van der Waals surface area contributed by atoms with Gasteiger partial charge in [-0.1, -0.05) is 96.0 Å². The van der Waals surface area contributed by atoms with Crippen LogP contribution in [0.5, 0.6) is 0 Å². The van der Waals surface area contributed by atoms with Gasteiger partial charge in [0.25, 0.3) is 0 Å². The number of allylic oxidation sites excluding steroid dienone is 8. The molecule has 3 aliphatic rings. The Kier molecular flexibility index (Phi) is 9.57. The number of anilines is 1. The fourth-order valence-corrected chi connectivity index (χ4v) is 8.40. The number of aryl methyl sites for hydroxylation is 2. The third-order valence-corrected chi connectivity index (χ3v) is 10.9. The van der Waals surface area contributed by atoms with Crippen molar-refractivity contribution in [2.24, 2.45) is 5.92 Å². The summed E-state index contributed by atoms with van der Waals surface area (Å²) in [6.45, 7) is 22.9. The second-order valence-electron chi connectivity index (χ2n) is 15.5. The number of rotatable bonds is 10. The van der Waals surface area contributed by atoms with Crippen molar-refractivity contribution in [3.63, 3.8) is 0 Å². The molecule has 3 aromatic rings. The monoisotopic (exact) mass is 641 g/mol. The van der Waals surface area contributed by atoms with Crippen LogP contribution in [0.25, 0.3) is 5.70 Å². The van der Waals surface area contributed by atoms with E-state index < -0.39 is 0 Å². The molecule has 1 unspecified atom stereocenters. The zero-order chi connectivity index (χ0) is 34.2. The number of hydrogen-bond acceptors (Lipinski definition) is 2. The van der Waals surface area contributed by atoms with Crippen LogP contribution in [0, 0.1) is 19.8 Å². The molecule has 1 aliphatic carbocycles. The summed E-state index contributed by atoms with van der Waals surface area (Å²) >= 11 is 0. The lowest BCUT2D eigenvalue weighted by Crippen LogP contribution is -2.28. The third-order valence-electron chi connectivity index (χ3n) is 10.9. The van der Waals surface area contributed by atoms with Gasteiger partial charge in [0.05, 0.1) is 16.8 Å². The number of nitrogens with zero attached hydrogens (tertiary/aromatic N) is 4. The second kappa shape index (κ2) is 13.5. The minimum atomic E-state index is -0.0614. The summed E-state index contributed by atoms with van der Waals surface area (Å²) in [5, 5.41) is 5.09. The van der Waals surface area contributed by atoms with Crippen LogP contribution < -0.4 is 4.90 Å². The van der Waals surface area contributed by atoms with Crippen molar-refractivity contribution in [3.05, 3.63) is 118 Å². The van der Waals surface area contributed by atoms with E-state index in [4.69, 9.17) is 5.10 Å². The fourth-order valence-electron chi connectivity index (χ4n) is 8.40. The molecule has 3 heterocycles. The van der Waals surface area contributed by atoms with E-state index in [0.29, 0.717) is 5.92 Å². The first-order valence-corrected chi connectivity index (χ1v) is 18.5. The average Bonchev–Trinajstić information content (AvgIpc) is 3.58. The topological polar surface area (TPSA) is 24.1 Å². The molecule has 48 heavy (non-hydrogen) atoms. The molecule has 0 N–H and O–H groups in total. The lowest BCUT2D eigenvalue weighted by Gasteiger charge is -2.29. The van der Waals surface area contributed by atoms with Gasteiger partial charge in [-0.05, 0) is 87.8 Å². The van der Waals surface area contributed by atoms with E-state index in [1.807, 2.05) is 0 Å². The van der Waals surface area contributed by atoms with Crippen LogP contribution >= 0.6 is 0 Å². The van der Waals surface area contributed by atoms with E-state index in [9.17, 15) is 0 Å². The Morgan fingerprint density at radius 1 is 0.854 bits per heavy atom. The van der Waals surface area contributed by atoms with Crippen LogP contribution in [-0.2, 0) is 10.8 Å². The Labute approximate surface area is 290 Å². The highest BCUT2D eigenvalue weighted by Gasteiger charge is 2.44. The lowest BCUT2D eigenvalue weighted by atomic mass is 9.80. The molecular formula is C44H57N4+. The summed E-state index contributed by atoms with van der Waals surface area (Å²) < 4.78 is 4.81. The molecule has 0 bridgehead atoms. The molecule has 1 aromatic heterocycles. The Bertz CT molecular complexity index is 1840. The largest absolute Gasteiger partial charge is 0.344 e. The molecule has 0 radical (unpaired) electrons. The maximum Gasteiger partial charge on any atom is 0.209 e. The average molecular weight is 642 g/mol. The predicted octanol–water partition coefficient (Wildman–Crippen LogP) is 11.0. The van der Waals surface area contributed by atoms with Crippen LogP contribution in [0.2, 0.25) is 0 Å². The highest BCUT2D eigenvalue weighted by molar-refractivity contribution is 6.03. The molecular weight excluding hydrogens is 585 g/mol. The SMILES string of the molecule is CCCCN1/C(=C/C=C2\CC(C)CC(/C=C/C3=[N+](CCCC)c4ccccc4C3(C)C)=C2n2nc(C)cc2C)C(C)(C)c2ccccc21. The maximum atomic E-state index is 5.09. The van der Waals surface area contributed by atoms with Crippen LogP contribution in [0.1, 0.15) is 110 Å². The fraction of sp³-hybridized carbons (Fsp3) is 0.455. The standard InChI is InChI=1S/C44H57N4/c1-10-12-26-46-38-20-16-14-18-36(38)43(6,7)40(46)24-22-34-28-31(3)29-35(42(34)48-33(5)30-32(4)45-48)23-25-41-44(8,9)37-19-15-17-21-39(37)47(41)27-13-11-2/h14-25,30-31H,10-13,26-29H2,1-9H3/q+1. The molecule has 2 aromatic carbocycles. The maximum absolute atomic E-state index is 5.09. The van der Waals surface area contributed by atoms with Crippen molar-refractivity contribution in [2.75, 3.05) is 18.0 Å². The molecule has 6 rings (SSSR count). The molecule has 0 amide bonds. The Hall–Kier alpha value is -3.92. The van der Waals surface area contributed by atoms with E-state index in [-0.39, 0.29) is 10.8 Å². The predicted molar refractivity (Wildman–Crippen MR) is 205 cm³/mol. The van der Waals surface area contributed by atoms with Gasteiger partial charge in [-0.2, -0.15) is 9.67 Å². The van der Waals surface area contributed by atoms with E-state index >= 15 is 0 Å². The number of benzene rings is 2. The normalized spacial score (nSPS) is 21.7. The van der Waals surface area contributed by atoms with E-state index in [1.165, 1.54) is 82.1 Å². The van der Waals surface area contributed by atoms with Gasteiger partial charge in [-0.3, -0.25) is 0 Å². The van der Waals surface area contributed by atoms with Crippen LogP contribution in [0.4, 0.5) is 11.4 Å². The summed E-state index contributed by atoms with van der Waals surface area (Å²) in [5.41, 5.74) is 14.5. The lowest BCUT2D eigenvalue weighted by molar-refractivity contribution is -0.438. The first-order valence-electron chi connectivity index (χ1n) is 18.5. The molecule has 0 fully saturated rings. The number of unbranched alkanes of at least 4 members (excludes halogenated alkanes) is 2. The van der Waals surface area contributed by atoms with Crippen molar-refractivity contribution in [2.45, 2.75) is 112 Å². The summed E-state index contributed by atoms with van der Waals surface area (Å²) in [7, 11) is 0. The van der Waals surface area contributed by atoms with Gasteiger partial charge in [0.2, 0.25) is 5.69 Å². The third kappa shape index (κ3) is 6.08. The molecule has 0 saturated heterocycles. The van der Waals surface area contributed by atoms with Crippen molar-refractivity contribution in [1.82, 2.24) is 9.78 Å². The van der Waals surface area contributed by atoms with Gasteiger partial charge in [0.1, 0.15) is 6.54 Å². The van der Waals surface area contributed by atoms with E-state index in [1.54, 1.807) is 0 Å². The van der Waals surface area contributed by atoms with Crippen LogP contribution in [0.3, 0.4) is 0 Å². The van der Waals surface area contributed by atoms with Crippen LogP contribution in [0.15, 0.2) is 95.7 Å². The quantitative estimate of drug-likeness (QED) is 0.206. The first kappa shape index (κ1) is 34.0. The molecule has 1 atom stereocenters.